The second kappa shape index (κ2) is 11.4. The van der Waals surface area contributed by atoms with Gasteiger partial charge >= 0.3 is 0 Å². The topological polar surface area (TPSA) is 54.1 Å². The molecule has 0 bridgehead atoms. The Labute approximate surface area is 257 Å². The molecule has 0 radical (unpaired) electrons. The molecular formula is C38H34N4O2. The fourth-order valence-electron chi connectivity index (χ4n) is 6.18. The number of aryl methyl sites for hydroxylation is 2. The molecule has 0 fully saturated rings. The zero-order valence-corrected chi connectivity index (χ0v) is 25.4. The molecule has 3 aromatic heterocycles. The molecule has 0 unspecified atom stereocenters. The van der Waals surface area contributed by atoms with Crippen molar-refractivity contribution in [2.75, 3.05) is 7.11 Å². The van der Waals surface area contributed by atoms with Crippen molar-refractivity contribution in [3.05, 3.63) is 126 Å². The van der Waals surface area contributed by atoms with Gasteiger partial charge in [-0.3, -0.25) is 4.57 Å². The first-order chi connectivity index (χ1) is 21.5. The van der Waals surface area contributed by atoms with Crippen molar-refractivity contribution in [1.82, 2.24) is 19.3 Å². The SMILES string of the molecule is CCCc1ccc2c(c1)c1ccc(Oc3cccc(-n4nc(C)c(-c5ccccc5)c4C)c3)cc1n2-c1cc(OC)ccn1. The molecule has 0 aliphatic heterocycles. The van der Waals surface area contributed by atoms with E-state index < -0.39 is 0 Å². The normalized spacial score (nSPS) is 11.4. The number of pyridine rings is 1. The Balaban J connectivity index is 1.30. The van der Waals surface area contributed by atoms with Crippen LogP contribution in [0.4, 0.5) is 0 Å². The summed E-state index contributed by atoms with van der Waals surface area (Å²) in [5.41, 5.74) is 8.80. The average Bonchev–Trinajstić information content (AvgIpc) is 3.54. The van der Waals surface area contributed by atoms with Gasteiger partial charge in [0.1, 0.15) is 23.1 Å². The molecule has 6 nitrogen and oxygen atoms in total. The Bertz CT molecular complexity index is 2120. The van der Waals surface area contributed by atoms with Gasteiger partial charge < -0.3 is 9.47 Å². The van der Waals surface area contributed by atoms with Crippen molar-refractivity contribution < 1.29 is 9.47 Å². The molecular weight excluding hydrogens is 544 g/mol. The number of nitrogens with zero attached hydrogens (tertiary/aromatic N) is 4. The van der Waals surface area contributed by atoms with Gasteiger partial charge in [0.15, 0.2) is 0 Å². The highest BCUT2D eigenvalue weighted by Crippen LogP contribution is 2.37. The van der Waals surface area contributed by atoms with Crippen LogP contribution in [0.25, 0.3) is 44.4 Å². The predicted octanol–water partition coefficient (Wildman–Crippen LogP) is 9.40. The maximum absolute atomic E-state index is 6.50. The van der Waals surface area contributed by atoms with Gasteiger partial charge in [0.2, 0.25) is 0 Å². The summed E-state index contributed by atoms with van der Waals surface area (Å²) in [6.45, 7) is 6.38. The van der Waals surface area contributed by atoms with Gasteiger partial charge in [0, 0.05) is 46.4 Å². The van der Waals surface area contributed by atoms with Crippen LogP contribution < -0.4 is 9.47 Å². The third-order valence-corrected chi connectivity index (χ3v) is 8.17. The minimum absolute atomic E-state index is 0.739. The summed E-state index contributed by atoms with van der Waals surface area (Å²) >= 11 is 0. The first-order valence-electron chi connectivity index (χ1n) is 15.0. The lowest BCUT2D eigenvalue weighted by molar-refractivity contribution is 0.414. The molecule has 44 heavy (non-hydrogen) atoms. The monoisotopic (exact) mass is 578 g/mol. The minimum Gasteiger partial charge on any atom is -0.497 e. The molecule has 0 saturated heterocycles. The second-order valence-electron chi connectivity index (χ2n) is 11.1. The number of methoxy groups -OCH3 is 1. The van der Waals surface area contributed by atoms with Gasteiger partial charge in [0.25, 0.3) is 0 Å². The van der Waals surface area contributed by atoms with Crippen molar-refractivity contribution in [2.45, 2.75) is 33.6 Å². The van der Waals surface area contributed by atoms with Crippen LogP contribution in [0, 0.1) is 13.8 Å². The zero-order valence-electron chi connectivity index (χ0n) is 25.4. The molecule has 0 amide bonds. The van der Waals surface area contributed by atoms with Gasteiger partial charge in [-0.25, -0.2) is 9.67 Å². The van der Waals surface area contributed by atoms with E-state index >= 15 is 0 Å². The fourth-order valence-corrected chi connectivity index (χ4v) is 6.18. The summed E-state index contributed by atoms with van der Waals surface area (Å²) < 4.78 is 16.2. The summed E-state index contributed by atoms with van der Waals surface area (Å²) in [5.74, 6) is 3.04. The summed E-state index contributed by atoms with van der Waals surface area (Å²) in [6.07, 6.45) is 3.93. The van der Waals surface area contributed by atoms with Crippen molar-refractivity contribution in [1.29, 1.82) is 0 Å². The highest BCUT2D eigenvalue weighted by atomic mass is 16.5. The van der Waals surface area contributed by atoms with Crippen LogP contribution in [-0.2, 0) is 6.42 Å². The Morgan fingerprint density at radius 3 is 2.39 bits per heavy atom. The molecule has 0 spiro atoms. The molecule has 0 atom stereocenters. The van der Waals surface area contributed by atoms with E-state index in [2.05, 4.69) is 86.0 Å². The third kappa shape index (κ3) is 4.88. The van der Waals surface area contributed by atoms with E-state index in [-0.39, 0.29) is 0 Å². The van der Waals surface area contributed by atoms with Crippen LogP contribution in [0.2, 0.25) is 0 Å². The molecule has 3 heterocycles. The van der Waals surface area contributed by atoms with E-state index in [1.54, 1.807) is 13.3 Å². The maximum atomic E-state index is 6.50. The summed E-state index contributed by atoms with van der Waals surface area (Å²) in [5, 5.41) is 7.24. The molecule has 6 heteroatoms. The van der Waals surface area contributed by atoms with Crippen LogP contribution >= 0.6 is 0 Å². The number of fused-ring (bicyclic) bond motifs is 3. The van der Waals surface area contributed by atoms with Crippen LogP contribution in [-0.4, -0.2) is 26.4 Å². The lowest BCUT2D eigenvalue weighted by Gasteiger charge is -2.11. The molecule has 4 aromatic carbocycles. The Hall–Kier alpha value is -5.36. The van der Waals surface area contributed by atoms with Gasteiger partial charge in [-0.2, -0.15) is 5.10 Å². The van der Waals surface area contributed by atoms with E-state index in [9.17, 15) is 0 Å². The van der Waals surface area contributed by atoms with Gasteiger partial charge in [0.05, 0.1) is 29.5 Å². The average molecular weight is 579 g/mol. The second-order valence-corrected chi connectivity index (χ2v) is 11.1. The summed E-state index contributed by atoms with van der Waals surface area (Å²) in [7, 11) is 1.68. The lowest BCUT2D eigenvalue weighted by Crippen LogP contribution is -2.00. The zero-order chi connectivity index (χ0) is 30.2. The quantitative estimate of drug-likeness (QED) is 0.180. The van der Waals surface area contributed by atoms with E-state index in [0.717, 1.165) is 80.5 Å². The van der Waals surface area contributed by atoms with Crippen LogP contribution in [0.15, 0.2) is 109 Å². The number of benzene rings is 4. The van der Waals surface area contributed by atoms with Gasteiger partial charge in [-0.1, -0.05) is 55.8 Å². The first-order valence-corrected chi connectivity index (χ1v) is 15.0. The number of aromatic nitrogens is 4. The van der Waals surface area contributed by atoms with Crippen LogP contribution in [0.1, 0.15) is 30.3 Å². The maximum Gasteiger partial charge on any atom is 0.141 e. The molecule has 7 rings (SSSR count). The summed E-state index contributed by atoms with van der Waals surface area (Å²) in [6, 6.07) is 35.3. The molecule has 7 aromatic rings. The van der Waals surface area contributed by atoms with Crippen molar-refractivity contribution in [3.8, 4) is 39.9 Å². The smallest absolute Gasteiger partial charge is 0.141 e. The van der Waals surface area contributed by atoms with Crippen LogP contribution in [0.5, 0.6) is 17.2 Å². The number of ether oxygens (including phenoxy) is 2. The van der Waals surface area contributed by atoms with E-state index in [1.807, 2.05) is 47.1 Å². The van der Waals surface area contributed by atoms with Gasteiger partial charge in [-0.05, 0) is 73.9 Å². The highest BCUT2D eigenvalue weighted by Gasteiger charge is 2.17. The highest BCUT2D eigenvalue weighted by molar-refractivity contribution is 6.09. The van der Waals surface area contributed by atoms with Crippen LogP contribution in [0.3, 0.4) is 0 Å². The summed E-state index contributed by atoms with van der Waals surface area (Å²) in [4.78, 5) is 4.72. The van der Waals surface area contributed by atoms with E-state index in [1.165, 1.54) is 10.9 Å². The van der Waals surface area contributed by atoms with E-state index in [0.29, 0.717) is 0 Å². The van der Waals surface area contributed by atoms with Crippen molar-refractivity contribution >= 4 is 21.8 Å². The molecule has 0 aliphatic carbocycles. The lowest BCUT2D eigenvalue weighted by atomic mass is 10.0. The molecule has 0 aliphatic rings. The molecule has 0 N–H and O–H groups in total. The molecule has 218 valence electrons. The standard InChI is InChI=1S/C38H34N4O2/c1-5-10-27-15-18-35-34(21-27)33-17-16-32(23-36(33)41(35)37-24-30(43-4)19-20-39-37)44-31-14-9-13-29(22-31)42-26(3)38(25(2)40-42)28-11-7-6-8-12-28/h6-9,11-24H,5,10H2,1-4H3. The number of hydrogen-bond donors (Lipinski definition) is 0. The van der Waals surface area contributed by atoms with Crippen molar-refractivity contribution in [2.24, 2.45) is 0 Å². The fraction of sp³-hybridized carbons (Fsp3) is 0.158. The number of rotatable bonds is 8. The minimum atomic E-state index is 0.739. The van der Waals surface area contributed by atoms with E-state index in [4.69, 9.17) is 19.6 Å². The Kier molecular flexibility index (Phi) is 7.10. The van der Waals surface area contributed by atoms with Gasteiger partial charge in [-0.15, -0.1) is 0 Å². The van der Waals surface area contributed by atoms with Crippen molar-refractivity contribution in [3.63, 3.8) is 0 Å². The third-order valence-electron chi connectivity index (χ3n) is 8.17. The first kappa shape index (κ1) is 27.5. The Morgan fingerprint density at radius 1 is 0.727 bits per heavy atom. The number of hydrogen-bond acceptors (Lipinski definition) is 4. The predicted molar refractivity (Wildman–Crippen MR) is 178 cm³/mol. The Morgan fingerprint density at radius 2 is 1.57 bits per heavy atom. The molecule has 0 saturated carbocycles. The largest absolute Gasteiger partial charge is 0.497 e.